The predicted octanol–water partition coefficient (Wildman–Crippen LogP) is 4.31. The molecule has 2 aromatic rings. The van der Waals surface area contributed by atoms with Gasteiger partial charge in [-0.25, -0.2) is 8.63 Å². The van der Waals surface area contributed by atoms with E-state index in [0.29, 0.717) is 16.9 Å². The van der Waals surface area contributed by atoms with Crippen LogP contribution in [0.3, 0.4) is 0 Å². The molecular formula is C17H17BF2O3. The smallest absolute Gasteiger partial charge is 0.504 e. The predicted molar refractivity (Wildman–Crippen MR) is 86.5 cm³/mol. The van der Waals surface area contributed by atoms with Crippen LogP contribution in [0.2, 0.25) is 0 Å². The lowest BCUT2D eigenvalue weighted by molar-refractivity contribution is 0.0450. The molecule has 0 atom stereocenters. The molecule has 0 fully saturated rings. The molecule has 3 nitrogen and oxygen atoms in total. The normalized spacial score (nSPS) is 14.5. The third-order valence-corrected chi connectivity index (χ3v) is 4.21. The first-order valence-corrected chi connectivity index (χ1v) is 7.32. The van der Waals surface area contributed by atoms with E-state index in [9.17, 15) is 8.63 Å². The molecule has 1 heterocycles. The molecule has 1 aliphatic rings. The van der Waals surface area contributed by atoms with Crippen molar-refractivity contribution in [2.24, 2.45) is 0 Å². The Hall–Kier alpha value is -2.08. The number of methoxy groups -OCH3 is 1. The Morgan fingerprint density at radius 1 is 1.13 bits per heavy atom. The average Bonchev–Trinajstić information content (AvgIpc) is 2.54. The molecule has 2 aromatic carbocycles. The first-order valence-electron chi connectivity index (χ1n) is 7.32. The average molecular weight is 318 g/mol. The third-order valence-electron chi connectivity index (χ3n) is 4.21. The van der Waals surface area contributed by atoms with Gasteiger partial charge in [-0.1, -0.05) is 30.3 Å². The fourth-order valence-corrected chi connectivity index (χ4v) is 2.76. The van der Waals surface area contributed by atoms with Crippen molar-refractivity contribution in [3.05, 3.63) is 47.5 Å². The van der Waals surface area contributed by atoms with E-state index in [1.165, 1.54) is 7.11 Å². The number of fused-ring (bicyclic) bond motifs is 3. The first kappa shape index (κ1) is 15.8. The van der Waals surface area contributed by atoms with E-state index < -0.39 is 13.1 Å². The van der Waals surface area contributed by atoms with Crippen LogP contribution in [0.4, 0.5) is 8.63 Å². The molecule has 0 bridgehead atoms. The Kier molecular flexibility index (Phi) is 4.02. The van der Waals surface area contributed by atoms with Gasteiger partial charge in [-0.15, -0.1) is 0 Å². The summed E-state index contributed by atoms with van der Waals surface area (Å²) in [6.45, 7) is 3.75. The molecule has 0 aliphatic carbocycles. The molecular weight excluding hydrogens is 301 g/mol. The number of benzene rings is 2. The summed E-state index contributed by atoms with van der Waals surface area (Å²) < 4.78 is 42.2. The first-order chi connectivity index (χ1) is 10.9. The van der Waals surface area contributed by atoms with Gasteiger partial charge >= 0.3 is 7.47 Å². The summed E-state index contributed by atoms with van der Waals surface area (Å²) in [6, 6.07) is 11.2. The molecule has 0 spiro atoms. The summed E-state index contributed by atoms with van der Waals surface area (Å²) in [7, 11) is -1.39. The summed E-state index contributed by atoms with van der Waals surface area (Å²) >= 11 is 0. The fourth-order valence-electron chi connectivity index (χ4n) is 2.76. The Morgan fingerprint density at radius 2 is 1.87 bits per heavy atom. The van der Waals surface area contributed by atoms with Crippen LogP contribution in [0.1, 0.15) is 19.4 Å². The molecule has 6 heteroatoms. The molecule has 3 rings (SSSR count). The third kappa shape index (κ3) is 2.79. The van der Waals surface area contributed by atoms with Crippen LogP contribution in [-0.2, 0) is 9.39 Å². The van der Waals surface area contributed by atoms with E-state index in [1.54, 1.807) is 19.9 Å². The highest BCUT2D eigenvalue weighted by Crippen LogP contribution is 2.42. The van der Waals surface area contributed by atoms with Crippen molar-refractivity contribution in [1.29, 1.82) is 0 Å². The maximum atomic E-state index is 13.0. The minimum atomic E-state index is -2.92. The number of ether oxygens (including phenoxy) is 2. The summed E-state index contributed by atoms with van der Waals surface area (Å²) in [4.78, 5) is 0. The second-order valence-corrected chi connectivity index (χ2v) is 5.85. The Bertz CT molecular complexity index is 772. The van der Waals surface area contributed by atoms with Crippen molar-refractivity contribution in [2.75, 3.05) is 13.7 Å². The van der Waals surface area contributed by atoms with Gasteiger partial charge in [0.15, 0.2) is 0 Å². The Labute approximate surface area is 134 Å². The molecule has 0 aromatic heterocycles. The zero-order valence-corrected chi connectivity index (χ0v) is 13.2. The van der Waals surface area contributed by atoms with Gasteiger partial charge in [0.1, 0.15) is 18.1 Å². The van der Waals surface area contributed by atoms with Gasteiger partial charge < -0.3 is 14.1 Å². The molecule has 1 aliphatic heterocycles. The van der Waals surface area contributed by atoms with Crippen molar-refractivity contribution in [1.82, 2.24) is 0 Å². The molecule has 0 radical (unpaired) electrons. The minimum absolute atomic E-state index is 0.143. The van der Waals surface area contributed by atoms with Gasteiger partial charge in [0.25, 0.3) is 0 Å². The van der Waals surface area contributed by atoms with Crippen molar-refractivity contribution >= 4 is 24.0 Å². The molecule has 0 N–H and O–H groups in total. The standard InChI is InChI=1S/C17H17BF2O3/c1-17(2,21-3)13-10-22-14-9-8-11-6-4-5-7-12(11)15(14)16(13)23-18(19)20/h4-9H,10H2,1-3H3. The van der Waals surface area contributed by atoms with Gasteiger partial charge in [0.05, 0.1) is 11.2 Å². The Morgan fingerprint density at radius 3 is 2.57 bits per heavy atom. The molecule has 120 valence electrons. The van der Waals surface area contributed by atoms with Gasteiger partial charge in [-0.2, -0.15) is 0 Å². The monoisotopic (exact) mass is 318 g/mol. The van der Waals surface area contributed by atoms with E-state index in [1.807, 2.05) is 30.3 Å². The SMILES string of the molecule is COC(C)(C)C1=C(OB(F)F)c2c(ccc3ccccc23)OC1. The van der Waals surface area contributed by atoms with E-state index >= 15 is 0 Å². The molecule has 23 heavy (non-hydrogen) atoms. The zero-order chi connectivity index (χ0) is 16.6. The van der Waals surface area contributed by atoms with Crippen molar-refractivity contribution in [3.63, 3.8) is 0 Å². The number of rotatable bonds is 4. The maximum Gasteiger partial charge on any atom is 0.796 e. The lowest BCUT2D eigenvalue weighted by Gasteiger charge is -2.33. The van der Waals surface area contributed by atoms with Crippen molar-refractivity contribution in [3.8, 4) is 5.75 Å². The maximum absolute atomic E-state index is 13.0. The second kappa shape index (κ2) is 5.85. The van der Waals surface area contributed by atoms with Gasteiger partial charge in [-0.3, -0.25) is 0 Å². The lowest BCUT2D eigenvalue weighted by Crippen LogP contribution is -2.33. The van der Waals surface area contributed by atoms with Crippen LogP contribution in [0.5, 0.6) is 5.75 Å². The van der Waals surface area contributed by atoms with E-state index in [0.717, 1.165) is 10.8 Å². The highest BCUT2D eigenvalue weighted by molar-refractivity contribution is 6.36. The summed E-state index contributed by atoms with van der Waals surface area (Å²) in [6.07, 6.45) is 0. The molecule has 0 unspecified atom stereocenters. The van der Waals surface area contributed by atoms with Crippen molar-refractivity contribution in [2.45, 2.75) is 19.4 Å². The highest BCUT2D eigenvalue weighted by Gasteiger charge is 2.36. The second-order valence-electron chi connectivity index (χ2n) is 5.85. The Balaban J connectivity index is 2.31. The quantitative estimate of drug-likeness (QED) is 0.786. The topological polar surface area (TPSA) is 27.7 Å². The van der Waals surface area contributed by atoms with Crippen LogP contribution in [0, 0.1) is 0 Å². The van der Waals surface area contributed by atoms with E-state index in [2.05, 4.69) is 0 Å². The number of hydrogen-bond acceptors (Lipinski definition) is 3. The van der Waals surface area contributed by atoms with E-state index in [4.69, 9.17) is 14.1 Å². The summed E-state index contributed by atoms with van der Waals surface area (Å²) in [5, 5.41) is 1.74. The fraction of sp³-hybridized carbons (Fsp3) is 0.294. The zero-order valence-electron chi connectivity index (χ0n) is 13.2. The van der Waals surface area contributed by atoms with Crippen LogP contribution in [0.15, 0.2) is 42.0 Å². The highest BCUT2D eigenvalue weighted by atomic mass is 19.2. The number of hydrogen-bond donors (Lipinski definition) is 0. The molecule has 0 amide bonds. The van der Waals surface area contributed by atoms with Crippen LogP contribution in [0.25, 0.3) is 16.5 Å². The molecule has 0 saturated carbocycles. The lowest BCUT2D eigenvalue weighted by atomic mass is 9.90. The van der Waals surface area contributed by atoms with Gasteiger partial charge in [0.2, 0.25) is 0 Å². The number of halogens is 2. The summed E-state index contributed by atoms with van der Waals surface area (Å²) in [5.74, 6) is 0.680. The molecule has 0 saturated heterocycles. The van der Waals surface area contributed by atoms with Crippen molar-refractivity contribution < 1.29 is 22.8 Å². The van der Waals surface area contributed by atoms with Crippen LogP contribution < -0.4 is 4.74 Å². The van der Waals surface area contributed by atoms with Crippen LogP contribution >= 0.6 is 0 Å². The summed E-state index contributed by atoms with van der Waals surface area (Å²) in [5.41, 5.74) is 0.331. The van der Waals surface area contributed by atoms with Gasteiger partial charge in [0, 0.05) is 12.7 Å². The van der Waals surface area contributed by atoms with Gasteiger partial charge in [-0.05, 0) is 30.7 Å². The largest absolute Gasteiger partial charge is 0.796 e. The van der Waals surface area contributed by atoms with E-state index in [-0.39, 0.29) is 12.4 Å². The van der Waals surface area contributed by atoms with Crippen LogP contribution in [-0.4, -0.2) is 26.8 Å². The minimum Gasteiger partial charge on any atom is -0.504 e.